The molecule has 2 rings (SSSR count). The van der Waals surface area contributed by atoms with Crippen molar-refractivity contribution in [2.24, 2.45) is 0 Å². The first-order valence-corrected chi connectivity index (χ1v) is 6.25. The molecule has 2 aromatic rings. The summed E-state index contributed by atoms with van der Waals surface area (Å²) in [4.78, 5) is 6.82. The molecule has 0 saturated heterocycles. The highest BCUT2D eigenvalue weighted by atomic mass is 15.1. The molecule has 90 valence electrons. The fraction of sp³-hybridized carbons (Fsp3) is 0.400. The molecule has 17 heavy (non-hydrogen) atoms. The topological polar surface area (TPSA) is 16.1 Å². The maximum Gasteiger partial charge on any atom is 0.0709 e. The number of fused-ring (bicyclic) bond motifs is 1. The van der Waals surface area contributed by atoms with E-state index in [1.807, 2.05) is 0 Å². The van der Waals surface area contributed by atoms with Crippen molar-refractivity contribution in [3.63, 3.8) is 0 Å². The molecule has 0 N–H and O–H groups in total. The van der Waals surface area contributed by atoms with E-state index in [1.165, 1.54) is 22.3 Å². The molecule has 1 aromatic heterocycles. The number of aromatic nitrogens is 1. The maximum absolute atomic E-state index is 4.68. The molecule has 0 aliphatic carbocycles. The highest BCUT2D eigenvalue weighted by molar-refractivity contribution is 5.86. The average molecular weight is 228 g/mol. The molecule has 0 spiro atoms. The van der Waals surface area contributed by atoms with Crippen LogP contribution in [0.15, 0.2) is 24.3 Å². The Kier molecular flexibility index (Phi) is 3.32. The lowest BCUT2D eigenvalue weighted by Gasteiger charge is -2.14. The van der Waals surface area contributed by atoms with Gasteiger partial charge in [0.05, 0.1) is 5.52 Å². The molecular formula is C15H20N2. The maximum atomic E-state index is 4.68. The Morgan fingerprint density at radius 1 is 1.06 bits per heavy atom. The van der Waals surface area contributed by atoms with Gasteiger partial charge >= 0.3 is 0 Å². The molecule has 0 unspecified atom stereocenters. The van der Waals surface area contributed by atoms with Gasteiger partial charge in [0.2, 0.25) is 0 Å². The standard InChI is InChI=1S/C15H20N2/c1-5-11-9-12(6-2)16-15-8-7-13(17(3)4)10-14(11)15/h7-10H,5-6H2,1-4H3. The first-order chi connectivity index (χ1) is 8.15. The predicted octanol–water partition coefficient (Wildman–Crippen LogP) is 3.43. The summed E-state index contributed by atoms with van der Waals surface area (Å²) in [6.45, 7) is 4.36. The lowest BCUT2D eigenvalue weighted by Crippen LogP contribution is -2.08. The van der Waals surface area contributed by atoms with Crippen LogP contribution in [0.2, 0.25) is 0 Å². The summed E-state index contributed by atoms with van der Waals surface area (Å²) in [5.41, 5.74) is 4.94. The van der Waals surface area contributed by atoms with Crippen molar-refractivity contribution in [1.29, 1.82) is 0 Å². The van der Waals surface area contributed by atoms with E-state index in [2.05, 4.69) is 62.1 Å². The molecule has 1 aromatic carbocycles. The fourth-order valence-electron chi connectivity index (χ4n) is 2.10. The van der Waals surface area contributed by atoms with Crippen molar-refractivity contribution in [2.75, 3.05) is 19.0 Å². The van der Waals surface area contributed by atoms with Crippen molar-refractivity contribution < 1.29 is 0 Å². The summed E-state index contributed by atoms with van der Waals surface area (Å²) in [7, 11) is 4.14. The predicted molar refractivity (Wildman–Crippen MR) is 74.8 cm³/mol. The summed E-state index contributed by atoms with van der Waals surface area (Å²) in [5, 5.41) is 1.29. The van der Waals surface area contributed by atoms with Crippen LogP contribution in [0.25, 0.3) is 10.9 Å². The minimum atomic E-state index is 0.998. The van der Waals surface area contributed by atoms with E-state index < -0.39 is 0 Å². The van der Waals surface area contributed by atoms with Crippen molar-refractivity contribution >= 4 is 16.6 Å². The average Bonchev–Trinajstić information content (AvgIpc) is 2.36. The molecule has 0 saturated carbocycles. The van der Waals surface area contributed by atoms with Gasteiger partial charge in [-0.3, -0.25) is 4.98 Å². The van der Waals surface area contributed by atoms with Gasteiger partial charge in [-0.05, 0) is 42.7 Å². The summed E-state index contributed by atoms with van der Waals surface area (Å²) >= 11 is 0. The second kappa shape index (κ2) is 4.74. The molecule has 0 bridgehead atoms. The number of anilines is 1. The van der Waals surface area contributed by atoms with Crippen LogP contribution in [0.4, 0.5) is 5.69 Å². The van der Waals surface area contributed by atoms with E-state index in [0.29, 0.717) is 0 Å². The molecule has 0 atom stereocenters. The fourth-order valence-corrected chi connectivity index (χ4v) is 2.10. The largest absolute Gasteiger partial charge is 0.378 e. The lowest BCUT2D eigenvalue weighted by molar-refractivity contribution is 1.03. The molecule has 2 heteroatoms. The Balaban J connectivity index is 2.67. The van der Waals surface area contributed by atoms with Gasteiger partial charge in [-0.1, -0.05) is 13.8 Å². The Morgan fingerprint density at radius 3 is 2.41 bits per heavy atom. The van der Waals surface area contributed by atoms with Gasteiger partial charge < -0.3 is 4.90 Å². The van der Waals surface area contributed by atoms with Crippen molar-refractivity contribution in [2.45, 2.75) is 26.7 Å². The van der Waals surface area contributed by atoms with Crippen LogP contribution < -0.4 is 4.90 Å². The van der Waals surface area contributed by atoms with Crippen LogP contribution in [0.3, 0.4) is 0 Å². The van der Waals surface area contributed by atoms with E-state index in [4.69, 9.17) is 0 Å². The Labute approximate surface area is 103 Å². The zero-order valence-corrected chi connectivity index (χ0v) is 11.1. The SMILES string of the molecule is CCc1cc(CC)c2cc(N(C)C)ccc2n1. The number of rotatable bonds is 3. The third kappa shape index (κ3) is 2.26. The smallest absolute Gasteiger partial charge is 0.0709 e. The summed E-state index contributed by atoms with van der Waals surface area (Å²) in [5.74, 6) is 0. The highest BCUT2D eigenvalue weighted by Gasteiger charge is 2.05. The van der Waals surface area contributed by atoms with Crippen LogP contribution in [0.1, 0.15) is 25.1 Å². The number of hydrogen-bond acceptors (Lipinski definition) is 2. The van der Waals surface area contributed by atoms with Gasteiger partial charge in [0.1, 0.15) is 0 Å². The quantitative estimate of drug-likeness (QED) is 0.800. The number of aryl methyl sites for hydroxylation is 2. The van der Waals surface area contributed by atoms with E-state index >= 15 is 0 Å². The van der Waals surface area contributed by atoms with Gasteiger partial charge in [-0.2, -0.15) is 0 Å². The van der Waals surface area contributed by atoms with Crippen molar-refractivity contribution in [3.8, 4) is 0 Å². The molecular weight excluding hydrogens is 208 g/mol. The van der Waals surface area contributed by atoms with Crippen LogP contribution in [0, 0.1) is 0 Å². The summed E-state index contributed by atoms with van der Waals surface area (Å²) in [6.07, 6.45) is 2.06. The molecule has 0 aliphatic rings. The molecule has 0 amide bonds. The van der Waals surface area contributed by atoms with Crippen LogP contribution in [-0.4, -0.2) is 19.1 Å². The normalized spacial score (nSPS) is 10.8. The van der Waals surface area contributed by atoms with E-state index in [-0.39, 0.29) is 0 Å². The molecule has 0 aliphatic heterocycles. The summed E-state index contributed by atoms with van der Waals surface area (Å²) < 4.78 is 0. The Hall–Kier alpha value is -1.57. The first kappa shape index (κ1) is 11.9. The van der Waals surface area contributed by atoms with E-state index in [0.717, 1.165) is 18.4 Å². The minimum absolute atomic E-state index is 0.998. The summed E-state index contributed by atoms with van der Waals surface area (Å²) in [6, 6.07) is 8.74. The number of pyridine rings is 1. The first-order valence-electron chi connectivity index (χ1n) is 6.25. The van der Waals surface area contributed by atoms with E-state index in [1.54, 1.807) is 0 Å². The third-order valence-electron chi connectivity index (χ3n) is 3.19. The zero-order chi connectivity index (χ0) is 12.4. The van der Waals surface area contributed by atoms with Crippen LogP contribution >= 0.6 is 0 Å². The second-order valence-corrected chi connectivity index (χ2v) is 4.58. The van der Waals surface area contributed by atoms with Crippen molar-refractivity contribution in [3.05, 3.63) is 35.5 Å². The van der Waals surface area contributed by atoms with Gasteiger partial charge in [0.15, 0.2) is 0 Å². The molecule has 1 heterocycles. The molecule has 0 radical (unpaired) electrons. The molecule has 2 nitrogen and oxygen atoms in total. The van der Waals surface area contributed by atoms with Gasteiger partial charge in [-0.15, -0.1) is 0 Å². The zero-order valence-electron chi connectivity index (χ0n) is 11.1. The Bertz CT molecular complexity index is 530. The van der Waals surface area contributed by atoms with E-state index in [9.17, 15) is 0 Å². The van der Waals surface area contributed by atoms with Crippen LogP contribution in [-0.2, 0) is 12.8 Å². The number of benzene rings is 1. The minimum Gasteiger partial charge on any atom is -0.378 e. The molecule has 0 fully saturated rings. The van der Waals surface area contributed by atoms with Gasteiger partial charge in [0.25, 0.3) is 0 Å². The Morgan fingerprint density at radius 2 is 1.82 bits per heavy atom. The van der Waals surface area contributed by atoms with Gasteiger partial charge in [-0.25, -0.2) is 0 Å². The van der Waals surface area contributed by atoms with Crippen molar-refractivity contribution in [1.82, 2.24) is 4.98 Å². The second-order valence-electron chi connectivity index (χ2n) is 4.58. The highest BCUT2D eigenvalue weighted by Crippen LogP contribution is 2.24. The van der Waals surface area contributed by atoms with Crippen LogP contribution in [0.5, 0.6) is 0 Å². The number of hydrogen-bond donors (Lipinski definition) is 0. The number of nitrogens with zero attached hydrogens (tertiary/aromatic N) is 2. The lowest BCUT2D eigenvalue weighted by atomic mass is 10.0. The van der Waals surface area contributed by atoms with Gasteiger partial charge in [0, 0.05) is 30.9 Å². The monoisotopic (exact) mass is 228 g/mol. The third-order valence-corrected chi connectivity index (χ3v) is 3.19.